The van der Waals surface area contributed by atoms with Crippen LogP contribution in [-0.2, 0) is 0 Å². The van der Waals surface area contributed by atoms with Gasteiger partial charge in [0.2, 0.25) is 0 Å². The van der Waals surface area contributed by atoms with Crippen molar-refractivity contribution in [1.29, 1.82) is 0 Å². The van der Waals surface area contributed by atoms with Gasteiger partial charge in [0, 0.05) is 14.8 Å². The summed E-state index contributed by atoms with van der Waals surface area (Å²) in [7, 11) is 0. The van der Waals surface area contributed by atoms with Gasteiger partial charge >= 0.3 is 0 Å². The number of halogens is 2. The van der Waals surface area contributed by atoms with Gasteiger partial charge in [-0.2, -0.15) is 5.10 Å². The van der Waals surface area contributed by atoms with Gasteiger partial charge in [0.05, 0.1) is 17.4 Å². The zero-order valence-electron chi connectivity index (χ0n) is 8.00. The summed E-state index contributed by atoms with van der Waals surface area (Å²) >= 11 is 7.94. The number of aromatic amines is 1. The number of carbonyl (C=O) groups is 1. The first-order valence-electron chi connectivity index (χ1n) is 4.42. The van der Waals surface area contributed by atoms with Crippen molar-refractivity contribution in [2.24, 2.45) is 0 Å². The Balaban J connectivity index is 2.18. The van der Waals surface area contributed by atoms with Crippen LogP contribution >= 0.6 is 34.2 Å². The average molecular weight is 348 g/mol. The summed E-state index contributed by atoms with van der Waals surface area (Å²) in [6.45, 7) is 0. The maximum absolute atomic E-state index is 11.7. The van der Waals surface area contributed by atoms with E-state index in [9.17, 15) is 4.79 Å². The van der Waals surface area contributed by atoms with E-state index in [4.69, 9.17) is 11.6 Å². The molecule has 2 aromatic rings. The maximum atomic E-state index is 11.7. The highest BCUT2D eigenvalue weighted by Gasteiger charge is 2.08. The molecule has 0 aliphatic rings. The zero-order valence-corrected chi connectivity index (χ0v) is 10.9. The number of nitrogens with one attached hydrogen (secondary N) is 2. The van der Waals surface area contributed by atoms with Gasteiger partial charge in [-0.05, 0) is 40.8 Å². The van der Waals surface area contributed by atoms with Crippen molar-refractivity contribution in [3.05, 3.63) is 44.7 Å². The van der Waals surface area contributed by atoms with E-state index in [1.54, 1.807) is 18.2 Å². The molecule has 2 rings (SSSR count). The second kappa shape index (κ2) is 4.84. The molecule has 1 aromatic heterocycles. The number of carbonyl (C=O) groups excluding carboxylic acids is 1. The van der Waals surface area contributed by atoms with E-state index in [1.165, 1.54) is 12.4 Å². The van der Waals surface area contributed by atoms with Crippen LogP contribution in [0.25, 0.3) is 0 Å². The van der Waals surface area contributed by atoms with E-state index in [1.807, 2.05) is 0 Å². The molecule has 6 heteroatoms. The Hall–Kier alpha value is -1.08. The third-order valence-corrected chi connectivity index (χ3v) is 3.07. The van der Waals surface area contributed by atoms with Gasteiger partial charge in [-0.1, -0.05) is 11.6 Å². The average Bonchev–Trinajstić information content (AvgIpc) is 2.75. The third-order valence-electron chi connectivity index (χ3n) is 1.94. The lowest BCUT2D eigenvalue weighted by Gasteiger charge is -2.06. The third kappa shape index (κ3) is 2.53. The molecule has 1 aromatic carbocycles. The number of nitrogens with zero attached hydrogens (tertiary/aromatic N) is 1. The number of hydrogen-bond donors (Lipinski definition) is 2. The van der Waals surface area contributed by atoms with E-state index in [0.717, 1.165) is 9.26 Å². The van der Waals surface area contributed by atoms with Gasteiger partial charge in [-0.3, -0.25) is 9.89 Å². The Kier molecular flexibility index (Phi) is 3.45. The van der Waals surface area contributed by atoms with Crippen LogP contribution in [-0.4, -0.2) is 16.1 Å². The van der Waals surface area contributed by atoms with Crippen LogP contribution in [0.15, 0.2) is 30.6 Å². The highest BCUT2D eigenvalue weighted by molar-refractivity contribution is 14.1. The van der Waals surface area contributed by atoms with Gasteiger partial charge in [-0.25, -0.2) is 0 Å². The lowest BCUT2D eigenvalue weighted by atomic mass is 10.3. The Morgan fingerprint density at radius 3 is 2.94 bits per heavy atom. The standard InChI is InChI=1S/C10H7ClIN3O/c11-7-1-2-9(8(12)3-7)15-10(16)6-4-13-14-5-6/h1-5H,(H,13,14)(H,15,16). The number of rotatable bonds is 2. The highest BCUT2D eigenvalue weighted by atomic mass is 127. The van der Waals surface area contributed by atoms with Gasteiger partial charge in [0.15, 0.2) is 0 Å². The normalized spacial score (nSPS) is 10.1. The van der Waals surface area contributed by atoms with Gasteiger partial charge in [-0.15, -0.1) is 0 Å². The molecule has 0 atom stereocenters. The molecule has 0 saturated carbocycles. The lowest BCUT2D eigenvalue weighted by molar-refractivity contribution is 0.102. The predicted molar refractivity (Wildman–Crippen MR) is 70.7 cm³/mol. The number of anilines is 1. The Morgan fingerprint density at radius 1 is 1.50 bits per heavy atom. The van der Waals surface area contributed by atoms with Crippen molar-refractivity contribution in [2.75, 3.05) is 5.32 Å². The van der Waals surface area contributed by atoms with Gasteiger partial charge in [0.25, 0.3) is 5.91 Å². The summed E-state index contributed by atoms with van der Waals surface area (Å²) in [4.78, 5) is 11.7. The lowest BCUT2D eigenvalue weighted by Crippen LogP contribution is -2.11. The predicted octanol–water partition coefficient (Wildman–Crippen LogP) is 2.92. The van der Waals surface area contributed by atoms with Crippen LogP contribution in [0.2, 0.25) is 5.02 Å². The number of hydrogen-bond acceptors (Lipinski definition) is 2. The fourth-order valence-electron chi connectivity index (χ4n) is 1.16. The highest BCUT2D eigenvalue weighted by Crippen LogP contribution is 2.22. The quantitative estimate of drug-likeness (QED) is 0.821. The number of aromatic nitrogens is 2. The molecule has 82 valence electrons. The van der Waals surface area contributed by atoms with Crippen LogP contribution in [0.1, 0.15) is 10.4 Å². The first kappa shape index (κ1) is 11.4. The maximum Gasteiger partial charge on any atom is 0.258 e. The van der Waals surface area contributed by atoms with Crippen LogP contribution in [0.3, 0.4) is 0 Å². The molecule has 4 nitrogen and oxygen atoms in total. The Morgan fingerprint density at radius 2 is 2.31 bits per heavy atom. The topological polar surface area (TPSA) is 57.8 Å². The van der Waals surface area contributed by atoms with E-state index in [2.05, 4.69) is 38.1 Å². The van der Waals surface area contributed by atoms with Crippen LogP contribution in [0, 0.1) is 3.57 Å². The Bertz CT molecular complexity index is 513. The molecule has 0 bridgehead atoms. The Labute approximate surface area is 111 Å². The van der Waals surface area contributed by atoms with E-state index < -0.39 is 0 Å². The fourth-order valence-corrected chi connectivity index (χ4v) is 2.17. The first-order valence-corrected chi connectivity index (χ1v) is 5.87. The molecule has 0 radical (unpaired) electrons. The minimum Gasteiger partial charge on any atom is -0.321 e. The van der Waals surface area contributed by atoms with Crippen molar-refractivity contribution < 1.29 is 4.79 Å². The summed E-state index contributed by atoms with van der Waals surface area (Å²) in [6, 6.07) is 5.28. The summed E-state index contributed by atoms with van der Waals surface area (Å²) in [5.41, 5.74) is 1.22. The van der Waals surface area contributed by atoms with Crippen LogP contribution < -0.4 is 5.32 Å². The molecular formula is C10H7ClIN3O. The molecule has 0 unspecified atom stereocenters. The monoisotopic (exact) mass is 347 g/mol. The molecule has 0 aliphatic heterocycles. The van der Waals surface area contributed by atoms with Crippen LogP contribution in [0.5, 0.6) is 0 Å². The molecule has 2 N–H and O–H groups in total. The summed E-state index contributed by atoms with van der Waals surface area (Å²) < 4.78 is 0.891. The zero-order chi connectivity index (χ0) is 11.5. The molecule has 0 saturated heterocycles. The number of benzene rings is 1. The summed E-state index contributed by atoms with van der Waals surface area (Å²) in [6.07, 6.45) is 3.01. The molecule has 0 fully saturated rings. The van der Waals surface area contributed by atoms with Crippen molar-refractivity contribution in [3.8, 4) is 0 Å². The molecule has 1 heterocycles. The summed E-state index contributed by atoms with van der Waals surface area (Å²) in [5, 5.41) is 9.72. The summed E-state index contributed by atoms with van der Waals surface area (Å²) in [5.74, 6) is -0.200. The molecule has 0 spiro atoms. The van der Waals surface area contributed by atoms with E-state index in [-0.39, 0.29) is 5.91 Å². The first-order chi connectivity index (χ1) is 7.66. The van der Waals surface area contributed by atoms with Gasteiger partial charge < -0.3 is 5.32 Å². The van der Waals surface area contributed by atoms with Crippen molar-refractivity contribution in [2.45, 2.75) is 0 Å². The minimum atomic E-state index is -0.200. The number of H-pyrrole nitrogens is 1. The van der Waals surface area contributed by atoms with Gasteiger partial charge in [0.1, 0.15) is 0 Å². The molecule has 1 amide bonds. The molecule has 0 aliphatic carbocycles. The van der Waals surface area contributed by atoms with Crippen molar-refractivity contribution in [3.63, 3.8) is 0 Å². The minimum absolute atomic E-state index is 0.200. The van der Waals surface area contributed by atoms with Crippen molar-refractivity contribution in [1.82, 2.24) is 10.2 Å². The number of amides is 1. The second-order valence-electron chi connectivity index (χ2n) is 3.07. The largest absolute Gasteiger partial charge is 0.321 e. The fraction of sp³-hybridized carbons (Fsp3) is 0. The van der Waals surface area contributed by atoms with Crippen molar-refractivity contribution >= 4 is 45.8 Å². The van der Waals surface area contributed by atoms with Crippen LogP contribution in [0.4, 0.5) is 5.69 Å². The molecular weight excluding hydrogens is 340 g/mol. The smallest absolute Gasteiger partial charge is 0.258 e. The SMILES string of the molecule is O=C(Nc1ccc(Cl)cc1I)c1cn[nH]c1. The van der Waals surface area contributed by atoms with E-state index >= 15 is 0 Å². The van der Waals surface area contributed by atoms with E-state index in [0.29, 0.717) is 10.6 Å². The second-order valence-corrected chi connectivity index (χ2v) is 4.66. The molecule has 16 heavy (non-hydrogen) atoms.